The van der Waals surface area contributed by atoms with Gasteiger partial charge in [-0.25, -0.2) is 8.42 Å². The van der Waals surface area contributed by atoms with Crippen LogP contribution in [0.1, 0.15) is 0 Å². The number of hydrogen-bond acceptors (Lipinski definition) is 4. The van der Waals surface area contributed by atoms with Gasteiger partial charge in [0.15, 0.2) is 5.43 Å². The molecule has 0 aliphatic carbocycles. The van der Waals surface area contributed by atoms with Crippen molar-refractivity contribution in [2.75, 3.05) is 6.26 Å². The quantitative estimate of drug-likeness (QED) is 0.808. The van der Waals surface area contributed by atoms with E-state index in [0.717, 1.165) is 16.8 Å². The molecule has 0 bridgehead atoms. The lowest BCUT2D eigenvalue weighted by atomic mass is 10.2. The number of fused-ring (bicyclic) bond motifs is 1. The van der Waals surface area contributed by atoms with Crippen molar-refractivity contribution in [1.29, 1.82) is 0 Å². The molecule has 1 heterocycles. The van der Waals surface area contributed by atoms with E-state index >= 15 is 0 Å². The van der Waals surface area contributed by atoms with E-state index in [0.29, 0.717) is 5.39 Å². The van der Waals surface area contributed by atoms with Crippen LogP contribution < -0.4 is 5.43 Å². The summed E-state index contributed by atoms with van der Waals surface area (Å²) in [5.74, 6) is 0. The summed E-state index contributed by atoms with van der Waals surface area (Å²) in [6.45, 7) is 0. The Labute approximate surface area is 99.9 Å². The van der Waals surface area contributed by atoms with Crippen LogP contribution in [0.3, 0.4) is 0 Å². The third-order valence-electron chi connectivity index (χ3n) is 2.03. The topological polar surface area (TPSA) is 64.3 Å². The molecule has 0 aliphatic heterocycles. The monoisotopic (exact) mass is 302 g/mol. The molecule has 0 amide bonds. The zero-order valence-electron chi connectivity index (χ0n) is 8.23. The van der Waals surface area contributed by atoms with Crippen LogP contribution in [0.4, 0.5) is 0 Å². The fraction of sp³-hybridized carbons (Fsp3) is 0.100. The highest BCUT2D eigenvalue weighted by molar-refractivity contribution is 9.10. The first kappa shape index (κ1) is 11.3. The minimum atomic E-state index is -3.51. The van der Waals surface area contributed by atoms with E-state index in [2.05, 4.69) is 15.9 Å². The van der Waals surface area contributed by atoms with Gasteiger partial charge in [-0.15, -0.1) is 0 Å². The Hall–Kier alpha value is -1.14. The van der Waals surface area contributed by atoms with Gasteiger partial charge in [0.2, 0.25) is 14.9 Å². The lowest BCUT2D eigenvalue weighted by Crippen LogP contribution is -2.06. The Morgan fingerprint density at radius 2 is 1.94 bits per heavy atom. The second-order valence-corrected chi connectivity index (χ2v) is 6.20. The molecule has 6 heteroatoms. The Balaban J connectivity index is 2.90. The SMILES string of the molecule is CS(=O)(=O)c1cc(=O)c2cc(Br)ccc2o1. The fourth-order valence-corrected chi connectivity index (χ4v) is 2.21. The van der Waals surface area contributed by atoms with Crippen molar-refractivity contribution >= 4 is 36.7 Å². The molecule has 1 aromatic heterocycles. The molecule has 0 spiro atoms. The van der Waals surface area contributed by atoms with Gasteiger partial charge in [-0.05, 0) is 18.2 Å². The third-order valence-corrected chi connectivity index (χ3v) is 3.46. The third kappa shape index (κ3) is 2.03. The Morgan fingerprint density at radius 1 is 1.25 bits per heavy atom. The summed E-state index contributed by atoms with van der Waals surface area (Å²) in [5, 5.41) is 0.0362. The minimum absolute atomic E-state index is 0.260. The summed E-state index contributed by atoms with van der Waals surface area (Å²) < 4.78 is 28.4. The standard InChI is InChI=1S/C10H7BrO4S/c1-16(13,14)10-5-8(12)7-4-6(11)2-3-9(7)15-10/h2-5H,1H3. The first-order valence-corrected chi connectivity index (χ1v) is 7.00. The summed E-state index contributed by atoms with van der Waals surface area (Å²) >= 11 is 3.23. The fourth-order valence-electron chi connectivity index (χ4n) is 1.29. The van der Waals surface area contributed by atoms with Gasteiger partial charge in [0.1, 0.15) is 5.58 Å². The van der Waals surface area contributed by atoms with Gasteiger partial charge in [-0.1, -0.05) is 15.9 Å². The molecular weight excluding hydrogens is 296 g/mol. The van der Waals surface area contributed by atoms with Gasteiger partial charge in [0.25, 0.3) is 0 Å². The number of rotatable bonds is 1. The first-order valence-electron chi connectivity index (χ1n) is 4.31. The maximum Gasteiger partial charge on any atom is 0.222 e. The van der Waals surface area contributed by atoms with Crippen molar-refractivity contribution in [3.8, 4) is 0 Å². The highest BCUT2D eigenvalue weighted by atomic mass is 79.9. The van der Waals surface area contributed by atoms with Crippen LogP contribution in [-0.4, -0.2) is 14.7 Å². The molecule has 0 atom stereocenters. The van der Waals surface area contributed by atoms with E-state index in [1.807, 2.05) is 0 Å². The van der Waals surface area contributed by atoms with Crippen molar-refractivity contribution in [1.82, 2.24) is 0 Å². The molecule has 0 N–H and O–H groups in total. The lowest BCUT2D eigenvalue weighted by molar-refractivity contribution is 0.471. The maximum atomic E-state index is 11.7. The van der Waals surface area contributed by atoms with Crippen molar-refractivity contribution in [2.24, 2.45) is 0 Å². The summed E-state index contributed by atoms with van der Waals surface area (Å²) in [5.41, 5.74) is -0.112. The van der Waals surface area contributed by atoms with E-state index < -0.39 is 9.84 Å². The predicted molar refractivity (Wildman–Crippen MR) is 63.3 cm³/mol. The van der Waals surface area contributed by atoms with Crippen molar-refractivity contribution < 1.29 is 12.8 Å². The van der Waals surface area contributed by atoms with E-state index in [9.17, 15) is 13.2 Å². The average molecular weight is 303 g/mol. The Morgan fingerprint density at radius 3 is 2.56 bits per heavy atom. The molecule has 0 saturated carbocycles. The highest BCUT2D eigenvalue weighted by Gasteiger charge is 2.13. The lowest BCUT2D eigenvalue weighted by Gasteiger charge is -2.00. The van der Waals surface area contributed by atoms with E-state index in [1.54, 1.807) is 18.2 Å². The smallest absolute Gasteiger partial charge is 0.222 e. The number of sulfone groups is 1. The van der Waals surface area contributed by atoms with Gasteiger partial charge in [-0.3, -0.25) is 4.79 Å². The Kier molecular flexibility index (Phi) is 2.63. The van der Waals surface area contributed by atoms with E-state index in [4.69, 9.17) is 4.42 Å². The van der Waals surface area contributed by atoms with Gasteiger partial charge < -0.3 is 4.42 Å². The van der Waals surface area contributed by atoms with Crippen molar-refractivity contribution in [2.45, 2.75) is 5.09 Å². The molecule has 16 heavy (non-hydrogen) atoms. The molecule has 4 nitrogen and oxygen atoms in total. The van der Waals surface area contributed by atoms with Gasteiger partial charge in [0.05, 0.1) is 5.39 Å². The molecule has 2 rings (SSSR count). The van der Waals surface area contributed by atoms with Crippen molar-refractivity contribution in [3.05, 3.63) is 39.0 Å². The summed E-state index contributed by atoms with van der Waals surface area (Å²) in [7, 11) is -3.51. The largest absolute Gasteiger partial charge is 0.444 e. The maximum absolute atomic E-state index is 11.7. The summed E-state index contributed by atoms with van der Waals surface area (Å²) in [6, 6.07) is 5.81. The molecule has 2 aromatic rings. The van der Waals surface area contributed by atoms with Crippen LogP contribution in [0.5, 0.6) is 0 Å². The van der Waals surface area contributed by atoms with Crippen LogP contribution in [0.25, 0.3) is 11.0 Å². The zero-order chi connectivity index (χ0) is 11.9. The van der Waals surface area contributed by atoms with Gasteiger partial charge >= 0.3 is 0 Å². The zero-order valence-corrected chi connectivity index (χ0v) is 10.6. The molecule has 84 valence electrons. The van der Waals surface area contributed by atoms with Crippen LogP contribution in [0.15, 0.2) is 43.0 Å². The predicted octanol–water partition coefficient (Wildman–Crippen LogP) is 1.96. The second-order valence-electron chi connectivity index (χ2n) is 3.34. The van der Waals surface area contributed by atoms with Crippen LogP contribution >= 0.6 is 15.9 Å². The van der Waals surface area contributed by atoms with E-state index in [1.165, 1.54) is 0 Å². The van der Waals surface area contributed by atoms with Gasteiger partial charge in [-0.2, -0.15) is 0 Å². The minimum Gasteiger partial charge on any atom is -0.444 e. The van der Waals surface area contributed by atoms with Crippen LogP contribution in [0.2, 0.25) is 0 Å². The summed E-state index contributed by atoms with van der Waals surface area (Å²) in [4.78, 5) is 11.7. The number of benzene rings is 1. The Bertz CT molecular complexity index is 715. The summed E-state index contributed by atoms with van der Waals surface area (Å²) in [6.07, 6.45) is 0.996. The molecular formula is C10H7BrO4S. The van der Waals surface area contributed by atoms with Gasteiger partial charge in [0, 0.05) is 16.8 Å². The normalized spacial score (nSPS) is 11.9. The number of halogens is 1. The molecule has 0 saturated heterocycles. The van der Waals surface area contributed by atoms with E-state index in [-0.39, 0.29) is 16.1 Å². The average Bonchev–Trinajstić information content (AvgIpc) is 2.17. The number of hydrogen-bond donors (Lipinski definition) is 0. The molecule has 1 aromatic carbocycles. The van der Waals surface area contributed by atoms with Crippen LogP contribution in [0, 0.1) is 0 Å². The molecule has 0 radical (unpaired) electrons. The molecule has 0 unspecified atom stereocenters. The second kappa shape index (κ2) is 3.71. The first-order chi connectivity index (χ1) is 7.38. The highest BCUT2D eigenvalue weighted by Crippen LogP contribution is 2.19. The van der Waals surface area contributed by atoms with Crippen LogP contribution in [-0.2, 0) is 9.84 Å². The van der Waals surface area contributed by atoms with Crippen molar-refractivity contribution in [3.63, 3.8) is 0 Å². The molecule has 0 fully saturated rings. The molecule has 0 aliphatic rings.